The second-order valence-electron chi connectivity index (χ2n) is 9.16. The lowest BCUT2D eigenvalue weighted by atomic mass is 10.0. The Bertz CT molecular complexity index is 486. The summed E-state index contributed by atoms with van der Waals surface area (Å²) in [6.45, 7) is 5.70. The average molecular weight is 435 g/mol. The van der Waals surface area contributed by atoms with Crippen LogP contribution in [0.1, 0.15) is 115 Å². The maximum Gasteiger partial charge on any atom is 0.119 e. The predicted molar refractivity (Wildman–Crippen MR) is 133 cm³/mol. The zero-order chi connectivity index (χ0) is 22.4. The Labute approximate surface area is 192 Å². The fourth-order valence-corrected chi connectivity index (χ4v) is 3.85. The van der Waals surface area contributed by atoms with E-state index in [4.69, 9.17) is 9.47 Å². The number of rotatable bonds is 22. The molecule has 0 saturated carbocycles. The molecular weight excluding hydrogens is 384 g/mol. The van der Waals surface area contributed by atoms with Gasteiger partial charge in [0.25, 0.3) is 0 Å². The van der Waals surface area contributed by atoms with Crippen LogP contribution in [0.3, 0.4) is 0 Å². The first-order valence-corrected chi connectivity index (χ1v) is 13.2. The van der Waals surface area contributed by atoms with Crippen molar-refractivity contribution in [2.24, 2.45) is 0 Å². The van der Waals surface area contributed by atoms with Crippen LogP contribution < -0.4 is 4.74 Å². The molecular formula is C28H50O3. The van der Waals surface area contributed by atoms with Gasteiger partial charge in [-0.2, -0.15) is 0 Å². The van der Waals surface area contributed by atoms with Gasteiger partial charge in [-0.05, 0) is 25.5 Å². The van der Waals surface area contributed by atoms with Gasteiger partial charge in [0.2, 0.25) is 0 Å². The number of hydrogen-bond donors (Lipinski definition) is 1. The normalized spacial score (nSPS) is 12.2. The SMILES string of the molecule is CCCCCCCCCCCCCCCCCCOCC(O)COc1ccc(C)cc1. The van der Waals surface area contributed by atoms with Gasteiger partial charge in [0.15, 0.2) is 0 Å². The van der Waals surface area contributed by atoms with Crippen LogP contribution in [0.2, 0.25) is 0 Å². The molecule has 1 aromatic carbocycles. The van der Waals surface area contributed by atoms with Gasteiger partial charge in [0.05, 0.1) is 6.61 Å². The van der Waals surface area contributed by atoms with Crippen LogP contribution in [0.15, 0.2) is 24.3 Å². The number of aryl methyl sites for hydroxylation is 1. The molecule has 0 saturated heterocycles. The van der Waals surface area contributed by atoms with Gasteiger partial charge in [0.1, 0.15) is 18.5 Å². The minimum atomic E-state index is -0.567. The summed E-state index contributed by atoms with van der Waals surface area (Å²) in [6, 6.07) is 7.88. The smallest absolute Gasteiger partial charge is 0.119 e. The summed E-state index contributed by atoms with van der Waals surface area (Å²) in [7, 11) is 0. The van der Waals surface area contributed by atoms with E-state index in [0.29, 0.717) is 6.61 Å². The second kappa shape index (κ2) is 20.8. The van der Waals surface area contributed by atoms with E-state index in [1.54, 1.807) is 0 Å². The van der Waals surface area contributed by atoms with Gasteiger partial charge < -0.3 is 14.6 Å². The number of ether oxygens (including phenoxy) is 2. The van der Waals surface area contributed by atoms with Crippen LogP contribution in [0.25, 0.3) is 0 Å². The zero-order valence-corrected chi connectivity index (χ0v) is 20.6. The summed E-state index contributed by atoms with van der Waals surface area (Å²) in [6.07, 6.45) is 21.5. The summed E-state index contributed by atoms with van der Waals surface area (Å²) in [4.78, 5) is 0. The third-order valence-corrected chi connectivity index (χ3v) is 5.92. The summed E-state index contributed by atoms with van der Waals surface area (Å²) in [5, 5.41) is 9.95. The molecule has 180 valence electrons. The molecule has 1 unspecified atom stereocenters. The van der Waals surface area contributed by atoms with Crippen LogP contribution >= 0.6 is 0 Å². The minimum Gasteiger partial charge on any atom is -0.491 e. The van der Waals surface area contributed by atoms with Crippen LogP contribution in [0.4, 0.5) is 0 Å². The Morgan fingerprint density at radius 3 is 1.58 bits per heavy atom. The molecule has 0 aliphatic heterocycles. The molecule has 1 atom stereocenters. The Balaban J connectivity index is 1.75. The van der Waals surface area contributed by atoms with E-state index in [1.165, 1.54) is 102 Å². The lowest BCUT2D eigenvalue weighted by molar-refractivity contribution is 0.0109. The third kappa shape index (κ3) is 18.2. The van der Waals surface area contributed by atoms with Crippen molar-refractivity contribution in [3.05, 3.63) is 29.8 Å². The lowest BCUT2D eigenvalue weighted by Crippen LogP contribution is -2.23. The van der Waals surface area contributed by atoms with Crippen molar-refractivity contribution in [2.45, 2.75) is 123 Å². The maximum atomic E-state index is 9.95. The predicted octanol–water partition coefficient (Wildman–Crippen LogP) is 8.01. The largest absolute Gasteiger partial charge is 0.491 e. The van der Waals surface area contributed by atoms with Crippen molar-refractivity contribution >= 4 is 0 Å². The molecule has 3 heteroatoms. The van der Waals surface area contributed by atoms with Gasteiger partial charge >= 0.3 is 0 Å². The van der Waals surface area contributed by atoms with Crippen LogP contribution in [0.5, 0.6) is 5.75 Å². The first-order valence-electron chi connectivity index (χ1n) is 13.2. The summed E-state index contributed by atoms with van der Waals surface area (Å²) < 4.78 is 11.2. The van der Waals surface area contributed by atoms with Crippen molar-refractivity contribution in [1.29, 1.82) is 0 Å². The van der Waals surface area contributed by atoms with Crippen molar-refractivity contribution < 1.29 is 14.6 Å². The minimum absolute atomic E-state index is 0.280. The number of aliphatic hydroxyl groups is 1. The van der Waals surface area contributed by atoms with E-state index in [0.717, 1.165) is 18.8 Å². The molecule has 1 N–H and O–H groups in total. The summed E-state index contributed by atoms with van der Waals surface area (Å²) in [5.41, 5.74) is 1.20. The highest BCUT2D eigenvalue weighted by atomic mass is 16.5. The van der Waals surface area contributed by atoms with Gasteiger partial charge in [-0.3, -0.25) is 0 Å². The Morgan fingerprint density at radius 1 is 0.645 bits per heavy atom. The molecule has 0 aliphatic carbocycles. The number of unbranched alkanes of at least 4 members (excludes halogenated alkanes) is 15. The quantitative estimate of drug-likeness (QED) is 0.188. The van der Waals surface area contributed by atoms with Gasteiger partial charge in [-0.25, -0.2) is 0 Å². The monoisotopic (exact) mass is 434 g/mol. The average Bonchev–Trinajstić information content (AvgIpc) is 2.78. The van der Waals surface area contributed by atoms with Crippen molar-refractivity contribution in [3.63, 3.8) is 0 Å². The summed E-state index contributed by atoms with van der Waals surface area (Å²) >= 11 is 0. The molecule has 0 amide bonds. The van der Waals surface area contributed by atoms with E-state index in [-0.39, 0.29) is 6.61 Å². The first-order chi connectivity index (χ1) is 15.2. The van der Waals surface area contributed by atoms with Gasteiger partial charge in [0, 0.05) is 6.61 Å². The fourth-order valence-electron chi connectivity index (χ4n) is 3.85. The van der Waals surface area contributed by atoms with E-state index in [1.807, 2.05) is 31.2 Å². The Kier molecular flexibility index (Phi) is 18.8. The van der Waals surface area contributed by atoms with Crippen molar-refractivity contribution in [3.8, 4) is 5.75 Å². The number of hydrogen-bond acceptors (Lipinski definition) is 3. The molecule has 31 heavy (non-hydrogen) atoms. The molecule has 3 nitrogen and oxygen atoms in total. The highest BCUT2D eigenvalue weighted by molar-refractivity contribution is 5.26. The molecule has 0 aliphatic rings. The summed E-state index contributed by atoms with van der Waals surface area (Å²) in [5.74, 6) is 0.794. The molecule has 0 aromatic heterocycles. The zero-order valence-electron chi connectivity index (χ0n) is 20.6. The third-order valence-electron chi connectivity index (χ3n) is 5.92. The molecule has 0 fully saturated rings. The van der Waals surface area contributed by atoms with Crippen molar-refractivity contribution in [1.82, 2.24) is 0 Å². The van der Waals surface area contributed by atoms with E-state index in [2.05, 4.69) is 6.92 Å². The van der Waals surface area contributed by atoms with E-state index in [9.17, 15) is 5.11 Å². The maximum absolute atomic E-state index is 9.95. The first kappa shape index (κ1) is 28.0. The van der Waals surface area contributed by atoms with Gasteiger partial charge in [-0.1, -0.05) is 121 Å². The molecule has 0 heterocycles. The van der Waals surface area contributed by atoms with Crippen LogP contribution in [-0.2, 0) is 4.74 Å². The van der Waals surface area contributed by atoms with Crippen LogP contribution in [-0.4, -0.2) is 31.0 Å². The topological polar surface area (TPSA) is 38.7 Å². The molecule has 0 radical (unpaired) electrons. The fraction of sp³-hybridized carbons (Fsp3) is 0.786. The van der Waals surface area contributed by atoms with E-state index >= 15 is 0 Å². The van der Waals surface area contributed by atoms with E-state index < -0.39 is 6.10 Å². The van der Waals surface area contributed by atoms with Gasteiger partial charge in [-0.15, -0.1) is 0 Å². The highest BCUT2D eigenvalue weighted by Gasteiger charge is 2.05. The second-order valence-corrected chi connectivity index (χ2v) is 9.16. The molecule has 0 bridgehead atoms. The highest BCUT2D eigenvalue weighted by Crippen LogP contribution is 2.14. The molecule has 1 rings (SSSR count). The Hall–Kier alpha value is -1.06. The number of benzene rings is 1. The van der Waals surface area contributed by atoms with Crippen LogP contribution in [0, 0.1) is 6.92 Å². The standard InChI is InChI=1S/C28H50O3/c1-3-4-5-6-7-8-9-10-11-12-13-14-15-16-17-18-23-30-24-27(29)25-31-28-21-19-26(2)20-22-28/h19-22,27,29H,3-18,23-25H2,1-2H3. The number of aliphatic hydroxyl groups excluding tert-OH is 1. The lowest BCUT2D eigenvalue weighted by Gasteiger charge is -2.13. The molecule has 0 spiro atoms. The van der Waals surface area contributed by atoms with Crippen molar-refractivity contribution in [2.75, 3.05) is 19.8 Å². The Morgan fingerprint density at radius 2 is 1.10 bits per heavy atom. The molecule has 1 aromatic rings.